The Morgan fingerprint density at radius 1 is 1.07 bits per heavy atom. The van der Waals surface area contributed by atoms with Gasteiger partial charge in [-0.05, 0) is 43.7 Å². The van der Waals surface area contributed by atoms with Gasteiger partial charge in [-0.25, -0.2) is 4.98 Å². The average molecular weight is 427 g/mol. The second kappa shape index (κ2) is 8.47. The van der Waals surface area contributed by atoms with Crippen molar-refractivity contribution in [2.75, 3.05) is 0 Å². The number of thiazole rings is 1. The van der Waals surface area contributed by atoms with E-state index < -0.39 is 0 Å². The number of hydrogen-bond acceptors (Lipinski definition) is 5. The minimum Gasteiger partial charge on any atom is -0.302 e. The highest BCUT2D eigenvalue weighted by Crippen LogP contribution is 2.30. The van der Waals surface area contributed by atoms with Crippen LogP contribution in [0.2, 0.25) is 5.02 Å². The molecular formula is C21H19ClN4S2. The highest BCUT2D eigenvalue weighted by atomic mass is 35.5. The Bertz CT molecular complexity index is 1090. The van der Waals surface area contributed by atoms with E-state index >= 15 is 0 Å². The van der Waals surface area contributed by atoms with E-state index in [4.69, 9.17) is 16.6 Å². The third-order valence-electron chi connectivity index (χ3n) is 4.41. The lowest BCUT2D eigenvalue weighted by Gasteiger charge is -2.07. The summed E-state index contributed by atoms with van der Waals surface area (Å²) >= 11 is 9.35. The maximum absolute atomic E-state index is 6.00. The lowest BCUT2D eigenvalue weighted by molar-refractivity contribution is 0.687. The SMILES string of the molecule is CCn1c(SCc2csc(-c3ccccc3C)n2)nnc1-c1ccc(Cl)cc1. The first-order valence-corrected chi connectivity index (χ1v) is 11.2. The minimum absolute atomic E-state index is 0.717. The fourth-order valence-corrected chi connectivity index (χ4v) is 4.98. The second-order valence-corrected chi connectivity index (χ2v) is 8.54. The Labute approximate surface area is 177 Å². The summed E-state index contributed by atoms with van der Waals surface area (Å²) in [5.74, 6) is 1.63. The van der Waals surface area contributed by atoms with Crippen molar-refractivity contribution in [1.29, 1.82) is 0 Å². The van der Waals surface area contributed by atoms with Crippen LogP contribution in [0, 0.1) is 6.92 Å². The molecule has 0 amide bonds. The molecule has 2 heterocycles. The molecule has 0 bridgehead atoms. The summed E-state index contributed by atoms with van der Waals surface area (Å²) in [6.45, 7) is 5.03. The summed E-state index contributed by atoms with van der Waals surface area (Å²) in [5.41, 5.74) is 4.52. The molecule has 142 valence electrons. The third-order valence-corrected chi connectivity index (χ3v) is 6.59. The number of aryl methyl sites for hydroxylation is 1. The van der Waals surface area contributed by atoms with Gasteiger partial charge in [-0.3, -0.25) is 0 Å². The van der Waals surface area contributed by atoms with Gasteiger partial charge in [0, 0.05) is 33.8 Å². The molecule has 0 aliphatic heterocycles. The van der Waals surface area contributed by atoms with E-state index in [2.05, 4.69) is 58.3 Å². The summed E-state index contributed by atoms with van der Waals surface area (Å²) in [7, 11) is 0. The van der Waals surface area contributed by atoms with Crippen LogP contribution < -0.4 is 0 Å². The van der Waals surface area contributed by atoms with Crippen LogP contribution in [0.25, 0.3) is 22.0 Å². The van der Waals surface area contributed by atoms with Gasteiger partial charge in [0.1, 0.15) is 5.01 Å². The average Bonchev–Trinajstić information content (AvgIpc) is 3.34. The van der Waals surface area contributed by atoms with Crippen molar-refractivity contribution in [2.45, 2.75) is 31.3 Å². The van der Waals surface area contributed by atoms with Crippen LogP contribution in [-0.2, 0) is 12.3 Å². The summed E-state index contributed by atoms with van der Waals surface area (Å²) < 4.78 is 2.13. The van der Waals surface area contributed by atoms with Gasteiger partial charge in [0.25, 0.3) is 0 Å². The first-order valence-electron chi connectivity index (χ1n) is 8.98. The van der Waals surface area contributed by atoms with Gasteiger partial charge in [-0.1, -0.05) is 47.6 Å². The van der Waals surface area contributed by atoms with Crippen molar-refractivity contribution in [2.24, 2.45) is 0 Å². The first kappa shape index (κ1) is 19.2. The molecule has 0 aliphatic rings. The largest absolute Gasteiger partial charge is 0.302 e. The summed E-state index contributed by atoms with van der Waals surface area (Å²) in [6.07, 6.45) is 0. The van der Waals surface area contributed by atoms with E-state index in [-0.39, 0.29) is 0 Å². The number of nitrogens with zero attached hydrogens (tertiary/aromatic N) is 4. The van der Waals surface area contributed by atoms with Crippen molar-refractivity contribution in [3.63, 3.8) is 0 Å². The van der Waals surface area contributed by atoms with Gasteiger partial charge >= 0.3 is 0 Å². The fraction of sp³-hybridized carbons (Fsp3) is 0.190. The molecule has 2 aromatic carbocycles. The molecule has 0 unspecified atom stereocenters. The van der Waals surface area contributed by atoms with Gasteiger partial charge in [-0.2, -0.15) is 0 Å². The predicted octanol–water partition coefficient (Wildman–Crippen LogP) is 6.34. The zero-order valence-electron chi connectivity index (χ0n) is 15.6. The van der Waals surface area contributed by atoms with E-state index in [9.17, 15) is 0 Å². The maximum atomic E-state index is 6.00. The highest BCUT2D eigenvalue weighted by Gasteiger charge is 2.14. The molecule has 0 saturated heterocycles. The highest BCUT2D eigenvalue weighted by molar-refractivity contribution is 7.98. The smallest absolute Gasteiger partial charge is 0.191 e. The number of thioether (sulfide) groups is 1. The van der Waals surface area contributed by atoms with Crippen molar-refractivity contribution >= 4 is 34.7 Å². The number of hydrogen-bond donors (Lipinski definition) is 0. The minimum atomic E-state index is 0.717. The third kappa shape index (κ3) is 3.99. The molecule has 0 fully saturated rings. The van der Waals surface area contributed by atoms with Crippen molar-refractivity contribution in [1.82, 2.24) is 19.7 Å². The van der Waals surface area contributed by atoms with E-state index in [0.29, 0.717) is 5.02 Å². The van der Waals surface area contributed by atoms with Crippen LogP contribution in [-0.4, -0.2) is 19.7 Å². The summed E-state index contributed by atoms with van der Waals surface area (Å²) in [5, 5.41) is 13.6. The van der Waals surface area contributed by atoms with Gasteiger partial charge in [-0.15, -0.1) is 21.5 Å². The Balaban J connectivity index is 1.51. The molecule has 0 radical (unpaired) electrons. The van der Waals surface area contributed by atoms with Crippen LogP contribution in [0.15, 0.2) is 59.1 Å². The van der Waals surface area contributed by atoms with E-state index in [0.717, 1.165) is 39.5 Å². The van der Waals surface area contributed by atoms with Crippen LogP contribution in [0.5, 0.6) is 0 Å². The molecule has 4 rings (SSSR count). The Morgan fingerprint density at radius 2 is 1.86 bits per heavy atom. The zero-order chi connectivity index (χ0) is 19.5. The van der Waals surface area contributed by atoms with Crippen LogP contribution in [0.4, 0.5) is 0 Å². The molecule has 28 heavy (non-hydrogen) atoms. The van der Waals surface area contributed by atoms with E-state index in [1.807, 2.05) is 24.3 Å². The molecular weight excluding hydrogens is 408 g/mol. The van der Waals surface area contributed by atoms with Crippen molar-refractivity contribution in [3.05, 3.63) is 70.2 Å². The van der Waals surface area contributed by atoms with Crippen molar-refractivity contribution in [3.8, 4) is 22.0 Å². The lowest BCUT2D eigenvalue weighted by atomic mass is 10.1. The normalized spacial score (nSPS) is 11.1. The molecule has 2 aromatic heterocycles. The molecule has 0 aliphatic carbocycles. The number of benzene rings is 2. The standard InChI is InChI=1S/C21H19ClN4S2/c1-3-26-19(15-8-10-16(22)11-9-15)24-25-21(26)28-13-17-12-27-20(23-17)18-7-5-4-6-14(18)2/h4-12H,3,13H2,1-2H3. The molecule has 0 saturated carbocycles. The lowest BCUT2D eigenvalue weighted by Crippen LogP contribution is -1.99. The Morgan fingerprint density at radius 3 is 2.61 bits per heavy atom. The van der Waals surface area contributed by atoms with Crippen LogP contribution in [0.3, 0.4) is 0 Å². The van der Waals surface area contributed by atoms with Gasteiger partial charge in [0.05, 0.1) is 5.69 Å². The monoisotopic (exact) mass is 426 g/mol. The van der Waals surface area contributed by atoms with Gasteiger partial charge < -0.3 is 4.57 Å². The van der Waals surface area contributed by atoms with Crippen LogP contribution >= 0.6 is 34.7 Å². The predicted molar refractivity (Wildman–Crippen MR) is 118 cm³/mol. The molecule has 4 nitrogen and oxygen atoms in total. The fourth-order valence-electron chi connectivity index (χ4n) is 2.94. The number of rotatable bonds is 6. The maximum Gasteiger partial charge on any atom is 0.191 e. The molecule has 0 N–H and O–H groups in total. The first-order chi connectivity index (χ1) is 13.7. The zero-order valence-corrected chi connectivity index (χ0v) is 18.0. The number of aromatic nitrogens is 4. The van der Waals surface area contributed by atoms with Gasteiger partial charge in [0.15, 0.2) is 11.0 Å². The number of halogens is 1. The summed E-state index contributed by atoms with van der Waals surface area (Å²) in [4.78, 5) is 4.81. The van der Waals surface area contributed by atoms with Gasteiger partial charge in [0.2, 0.25) is 0 Å². The van der Waals surface area contributed by atoms with E-state index in [1.165, 1.54) is 11.1 Å². The molecule has 0 spiro atoms. The quantitative estimate of drug-likeness (QED) is 0.337. The summed E-state index contributed by atoms with van der Waals surface area (Å²) in [6, 6.07) is 16.1. The Kier molecular flexibility index (Phi) is 5.80. The molecule has 4 aromatic rings. The molecule has 7 heteroatoms. The van der Waals surface area contributed by atoms with E-state index in [1.54, 1.807) is 23.1 Å². The topological polar surface area (TPSA) is 43.6 Å². The van der Waals surface area contributed by atoms with Crippen molar-refractivity contribution < 1.29 is 0 Å². The molecule has 0 atom stereocenters. The van der Waals surface area contributed by atoms with Crippen LogP contribution in [0.1, 0.15) is 18.2 Å². The second-order valence-electron chi connectivity index (χ2n) is 6.30. The Hall–Kier alpha value is -2.15.